The standard InChI is InChI=1S/C17H24N4OS.ClH/c1-11-7-8-18-9-15(11)19-16(22)10-23-12(2)17-20-13-5-3-4-6-14(13)21-17;/h3-6,11-12,15,18H,7-10H2,1-2H3,(H,19,22)(H,20,21);1H. The van der Waals surface area contributed by atoms with Crippen LogP contribution in [-0.4, -0.2) is 40.8 Å². The van der Waals surface area contributed by atoms with Gasteiger partial charge in [-0.1, -0.05) is 19.1 Å². The lowest BCUT2D eigenvalue weighted by Crippen LogP contribution is -2.50. The fourth-order valence-corrected chi connectivity index (χ4v) is 3.63. The Bertz CT molecular complexity index is 644. The molecule has 1 aliphatic heterocycles. The number of rotatable bonds is 5. The third-order valence-corrected chi connectivity index (χ3v) is 5.58. The van der Waals surface area contributed by atoms with E-state index in [4.69, 9.17) is 0 Å². The van der Waals surface area contributed by atoms with E-state index < -0.39 is 0 Å². The zero-order chi connectivity index (χ0) is 16.2. The number of aromatic amines is 1. The first kappa shape index (κ1) is 19.1. The summed E-state index contributed by atoms with van der Waals surface area (Å²) in [7, 11) is 0. The molecule has 1 aromatic heterocycles. The molecule has 3 atom stereocenters. The minimum Gasteiger partial charge on any atom is -0.351 e. The van der Waals surface area contributed by atoms with Crippen LogP contribution in [0.2, 0.25) is 0 Å². The van der Waals surface area contributed by atoms with E-state index in [1.54, 1.807) is 11.8 Å². The Morgan fingerprint density at radius 1 is 1.46 bits per heavy atom. The number of carbonyl (C=O) groups excluding carboxylic acids is 1. The molecule has 2 aromatic rings. The number of aromatic nitrogens is 2. The maximum absolute atomic E-state index is 12.2. The van der Waals surface area contributed by atoms with Gasteiger partial charge in [0.1, 0.15) is 5.82 Å². The Hall–Kier alpha value is -1.24. The quantitative estimate of drug-likeness (QED) is 0.759. The summed E-state index contributed by atoms with van der Waals surface area (Å²) in [6.45, 7) is 6.21. The first-order valence-electron chi connectivity index (χ1n) is 8.20. The number of nitrogens with one attached hydrogen (secondary N) is 3. The summed E-state index contributed by atoms with van der Waals surface area (Å²) < 4.78 is 0. The van der Waals surface area contributed by atoms with E-state index in [0.717, 1.165) is 36.4 Å². The van der Waals surface area contributed by atoms with Gasteiger partial charge in [-0.05, 0) is 37.9 Å². The molecular weight excluding hydrogens is 344 g/mol. The number of hydrogen-bond acceptors (Lipinski definition) is 4. The lowest BCUT2D eigenvalue weighted by molar-refractivity contribution is -0.119. The van der Waals surface area contributed by atoms with Gasteiger partial charge in [0.2, 0.25) is 5.91 Å². The number of benzene rings is 1. The first-order valence-corrected chi connectivity index (χ1v) is 9.24. The molecule has 2 heterocycles. The second-order valence-corrected chi connectivity index (χ2v) is 7.57. The van der Waals surface area contributed by atoms with Crippen molar-refractivity contribution < 1.29 is 4.79 Å². The Morgan fingerprint density at radius 2 is 2.25 bits per heavy atom. The molecular formula is C17H25ClN4OS. The number of para-hydroxylation sites is 2. The minimum atomic E-state index is 0. The molecule has 0 aliphatic carbocycles. The molecule has 0 spiro atoms. The number of amides is 1. The van der Waals surface area contributed by atoms with Crippen LogP contribution in [0.15, 0.2) is 24.3 Å². The number of fused-ring (bicyclic) bond motifs is 1. The fraction of sp³-hybridized carbons (Fsp3) is 0.529. The highest BCUT2D eigenvalue weighted by Gasteiger charge is 2.23. The number of halogens is 1. The van der Waals surface area contributed by atoms with Crippen molar-refractivity contribution in [2.24, 2.45) is 5.92 Å². The van der Waals surface area contributed by atoms with Crippen LogP contribution >= 0.6 is 24.2 Å². The number of thioether (sulfide) groups is 1. The van der Waals surface area contributed by atoms with Crippen LogP contribution < -0.4 is 10.6 Å². The Kier molecular flexibility index (Phi) is 6.95. The molecule has 1 aliphatic rings. The predicted octanol–water partition coefficient (Wildman–Crippen LogP) is 2.89. The summed E-state index contributed by atoms with van der Waals surface area (Å²) >= 11 is 1.62. The van der Waals surface area contributed by atoms with Gasteiger partial charge < -0.3 is 15.6 Å². The molecule has 24 heavy (non-hydrogen) atoms. The Labute approximate surface area is 153 Å². The third kappa shape index (κ3) is 4.65. The first-order chi connectivity index (χ1) is 11.1. The molecule has 7 heteroatoms. The van der Waals surface area contributed by atoms with Gasteiger partial charge in [-0.3, -0.25) is 4.79 Å². The highest BCUT2D eigenvalue weighted by molar-refractivity contribution is 8.00. The van der Waals surface area contributed by atoms with Gasteiger partial charge >= 0.3 is 0 Å². The zero-order valence-corrected chi connectivity index (χ0v) is 15.7. The molecule has 5 nitrogen and oxygen atoms in total. The van der Waals surface area contributed by atoms with Crippen LogP contribution in [0.3, 0.4) is 0 Å². The van der Waals surface area contributed by atoms with Gasteiger partial charge in [-0.2, -0.15) is 0 Å². The highest BCUT2D eigenvalue weighted by Crippen LogP contribution is 2.27. The molecule has 0 saturated carbocycles. The van der Waals surface area contributed by atoms with Crippen molar-refractivity contribution in [3.63, 3.8) is 0 Å². The minimum absolute atomic E-state index is 0. The summed E-state index contributed by atoms with van der Waals surface area (Å²) in [5.74, 6) is 2.04. The second-order valence-electron chi connectivity index (χ2n) is 6.24. The zero-order valence-electron chi connectivity index (χ0n) is 14.0. The SMILES string of the molecule is CC(SCC(=O)NC1CNCCC1C)c1nc2ccccc2[nH]1.Cl. The van der Waals surface area contributed by atoms with Crippen molar-refractivity contribution in [3.8, 4) is 0 Å². The largest absolute Gasteiger partial charge is 0.351 e. The molecule has 1 saturated heterocycles. The monoisotopic (exact) mass is 368 g/mol. The van der Waals surface area contributed by atoms with Crippen molar-refractivity contribution in [1.82, 2.24) is 20.6 Å². The Balaban J connectivity index is 0.00000208. The smallest absolute Gasteiger partial charge is 0.230 e. The van der Waals surface area contributed by atoms with Gasteiger partial charge in [0, 0.05) is 12.6 Å². The van der Waals surface area contributed by atoms with Crippen LogP contribution in [0.25, 0.3) is 11.0 Å². The van der Waals surface area contributed by atoms with Crippen molar-refractivity contribution >= 4 is 41.1 Å². The van der Waals surface area contributed by atoms with Crippen LogP contribution in [0.5, 0.6) is 0 Å². The van der Waals surface area contributed by atoms with Gasteiger partial charge in [-0.15, -0.1) is 24.2 Å². The lowest BCUT2D eigenvalue weighted by Gasteiger charge is -2.30. The summed E-state index contributed by atoms with van der Waals surface area (Å²) in [6.07, 6.45) is 1.12. The van der Waals surface area contributed by atoms with E-state index in [2.05, 4.69) is 34.4 Å². The number of hydrogen-bond donors (Lipinski definition) is 3. The van der Waals surface area contributed by atoms with Crippen molar-refractivity contribution in [1.29, 1.82) is 0 Å². The second kappa shape index (κ2) is 8.74. The van der Waals surface area contributed by atoms with Crippen molar-refractivity contribution in [2.75, 3.05) is 18.8 Å². The summed E-state index contributed by atoms with van der Waals surface area (Å²) in [5.41, 5.74) is 2.02. The molecule has 132 valence electrons. The lowest BCUT2D eigenvalue weighted by atomic mass is 9.95. The van der Waals surface area contributed by atoms with Crippen LogP contribution in [0.1, 0.15) is 31.3 Å². The number of nitrogens with zero attached hydrogens (tertiary/aromatic N) is 1. The van der Waals surface area contributed by atoms with E-state index in [1.165, 1.54) is 0 Å². The van der Waals surface area contributed by atoms with Crippen LogP contribution in [-0.2, 0) is 4.79 Å². The fourth-order valence-electron chi connectivity index (χ4n) is 2.88. The summed E-state index contributed by atoms with van der Waals surface area (Å²) in [4.78, 5) is 20.1. The van der Waals surface area contributed by atoms with Gasteiger partial charge in [0.05, 0.1) is 22.0 Å². The number of piperidine rings is 1. The molecule has 1 fully saturated rings. The average molecular weight is 369 g/mol. The van der Waals surface area contributed by atoms with Crippen molar-refractivity contribution in [3.05, 3.63) is 30.1 Å². The van der Waals surface area contributed by atoms with Gasteiger partial charge in [-0.25, -0.2) is 4.98 Å². The molecule has 3 unspecified atom stereocenters. The van der Waals surface area contributed by atoms with E-state index in [0.29, 0.717) is 11.7 Å². The summed E-state index contributed by atoms with van der Waals surface area (Å²) in [5, 5.41) is 6.65. The highest BCUT2D eigenvalue weighted by atomic mass is 35.5. The number of H-pyrrole nitrogens is 1. The molecule has 1 amide bonds. The van der Waals surface area contributed by atoms with Crippen molar-refractivity contribution in [2.45, 2.75) is 31.6 Å². The average Bonchev–Trinajstić information content (AvgIpc) is 2.99. The van der Waals surface area contributed by atoms with Crippen LogP contribution in [0, 0.1) is 5.92 Å². The van der Waals surface area contributed by atoms with Gasteiger partial charge in [0.15, 0.2) is 0 Å². The third-order valence-electron chi connectivity index (χ3n) is 4.43. The van der Waals surface area contributed by atoms with E-state index in [9.17, 15) is 4.79 Å². The maximum Gasteiger partial charge on any atom is 0.230 e. The number of carbonyl (C=O) groups is 1. The van der Waals surface area contributed by atoms with E-state index in [1.807, 2.05) is 24.3 Å². The molecule has 1 aromatic carbocycles. The molecule has 0 radical (unpaired) electrons. The van der Waals surface area contributed by atoms with E-state index in [-0.39, 0.29) is 29.6 Å². The normalized spacial score (nSPS) is 21.9. The summed E-state index contributed by atoms with van der Waals surface area (Å²) in [6, 6.07) is 8.25. The molecule has 0 bridgehead atoms. The maximum atomic E-state index is 12.2. The number of imidazole rings is 1. The Morgan fingerprint density at radius 3 is 3.00 bits per heavy atom. The van der Waals surface area contributed by atoms with Crippen LogP contribution in [0.4, 0.5) is 0 Å². The molecule has 3 N–H and O–H groups in total. The topological polar surface area (TPSA) is 69.8 Å². The van der Waals surface area contributed by atoms with Gasteiger partial charge in [0.25, 0.3) is 0 Å². The predicted molar refractivity (Wildman–Crippen MR) is 103 cm³/mol. The molecule has 3 rings (SSSR count). The van der Waals surface area contributed by atoms with E-state index >= 15 is 0 Å².